The van der Waals surface area contributed by atoms with Gasteiger partial charge in [-0.25, -0.2) is 0 Å². The zero-order chi connectivity index (χ0) is 46.6. The van der Waals surface area contributed by atoms with Crippen LogP contribution in [0.3, 0.4) is 0 Å². The fourth-order valence-electron chi connectivity index (χ4n) is 10.6. The van der Waals surface area contributed by atoms with Crippen molar-refractivity contribution >= 4 is 43.1 Å². The molecular formula is C66H54O2. The number of hydrogen-bond acceptors (Lipinski definition) is 2. The summed E-state index contributed by atoms with van der Waals surface area (Å²) in [7, 11) is 0. The highest BCUT2D eigenvalue weighted by molar-refractivity contribution is 6.00. The number of aromatic hydroxyl groups is 2. The molecule has 0 fully saturated rings. The van der Waals surface area contributed by atoms with Gasteiger partial charge in [0.15, 0.2) is 0 Å². The SMILES string of the molecule is CC(C)(c1cccc(C(C)(C)c2cc(Cc3cccc4ccccc34)c(O)c(-c3cccc4ccccc34)c2)c1)c1cc(Cc2cccc3ccccc23)c(O)c(-c2cccc3ccccc23)c1. The monoisotopic (exact) mass is 878 g/mol. The van der Waals surface area contributed by atoms with Crippen LogP contribution in [0, 0.1) is 0 Å². The molecule has 0 aromatic heterocycles. The van der Waals surface area contributed by atoms with Crippen LogP contribution in [0.2, 0.25) is 0 Å². The van der Waals surface area contributed by atoms with Gasteiger partial charge >= 0.3 is 0 Å². The third-order valence-electron chi connectivity index (χ3n) is 14.8. The molecule has 0 heterocycles. The lowest BCUT2D eigenvalue weighted by molar-refractivity contribution is 0.470. The molecule has 0 aliphatic carbocycles. The summed E-state index contributed by atoms with van der Waals surface area (Å²) in [6.45, 7) is 9.23. The maximum absolute atomic E-state index is 12.4. The topological polar surface area (TPSA) is 40.5 Å². The molecule has 0 radical (unpaired) electrons. The van der Waals surface area contributed by atoms with Crippen LogP contribution in [0.4, 0.5) is 0 Å². The molecule has 2 nitrogen and oxygen atoms in total. The van der Waals surface area contributed by atoms with Gasteiger partial charge < -0.3 is 10.2 Å². The molecule has 0 amide bonds. The van der Waals surface area contributed by atoms with Gasteiger partial charge in [-0.15, -0.1) is 0 Å². The van der Waals surface area contributed by atoms with E-state index in [2.05, 4.69) is 246 Å². The van der Waals surface area contributed by atoms with Crippen LogP contribution in [0.1, 0.15) is 72.2 Å². The van der Waals surface area contributed by atoms with Crippen molar-refractivity contribution in [1.82, 2.24) is 0 Å². The quantitative estimate of drug-likeness (QED) is 0.144. The lowest BCUT2D eigenvalue weighted by Crippen LogP contribution is -2.23. The highest BCUT2D eigenvalue weighted by atomic mass is 16.3. The standard InChI is InChI=1S/C66H54O2/c1-65(2,53-38-49(36-47-26-13-22-43-18-5-9-30-55(43)47)63(67)61(41-53)59-34-15-24-45-20-7-11-32-57(45)59)51-28-17-29-52(40-51)66(3,4)54-39-50(37-48-27-14-23-44-19-6-10-31-56(44)48)64(68)62(42-54)60-35-16-25-46-21-8-12-33-58(46)60/h5-35,38-42,67-68H,36-37H2,1-4H3. The number of benzene rings is 11. The van der Waals surface area contributed by atoms with Gasteiger partial charge in [-0.05, 0) is 111 Å². The minimum Gasteiger partial charge on any atom is -0.507 e. The Kier molecular flexibility index (Phi) is 10.7. The molecule has 330 valence electrons. The third kappa shape index (κ3) is 7.57. The summed E-state index contributed by atoms with van der Waals surface area (Å²) in [4.78, 5) is 0. The van der Waals surface area contributed by atoms with Gasteiger partial charge in [0.1, 0.15) is 11.5 Å². The van der Waals surface area contributed by atoms with Gasteiger partial charge in [-0.2, -0.15) is 0 Å². The Morgan fingerprint density at radius 2 is 0.603 bits per heavy atom. The number of phenols is 2. The normalized spacial score (nSPS) is 12.1. The first-order chi connectivity index (χ1) is 33.0. The highest BCUT2D eigenvalue weighted by Crippen LogP contribution is 2.46. The van der Waals surface area contributed by atoms with Crippen LogP contribution in [-0.2, 0) is 23.7 Å². The van der Waals surface area contributed by atoms with Crippen molar-refractivity contribution in [3.05, 3.63) is 263 Å². The Morgan fingerprint density at radius 3 is 1.01 bits per heavy atom. The molecule has 0 atom stereocenters. The lowest BCUT2D eigenvalue weighted by Gasteiger charge is -2.32. The average molecular weight is 879 g/mol. The van der Waals surface area contributed by atoms with Gasteiger partial charge in [0.2, 0.25) is 0 Å². The molecule has 11 aromatic carbocycles. The van der Waals surface area contributed by atoms with E-state index in [9.17, 15) is 10.2 Å². The molecule has 0 spiro atoms. The minimum absolute atomic E-state index is 0.317. The first kappa shape index (κ1) is 42.7. The molecule has 68 heavy (non-hydrogen) atoms. The van der Waals surface area contributed by atoms with Crippen molar-refractivity contribution in [2.45, 2.75) is 51.4 Å². The van der Waals surface area contributed by atoms with E-state index in [-0.39, 0.29) is 0 Å². The number of phenolic OH excluding ortho intramolecular Hbond substituents is 2. The van der Waals surface area contributed by atoms with Crippen molar-refractivity contribution in [2.24, 2.45) is 0 Å². The van der Waals surface area contributed by atoms with Crippen LogP contribution in [0.5, 0.6) is 11.5 Å². The van der Waals surface area contributed by atoms with Crippen LogP contribution in [-0.4, -0.2) is 10.2 Å². The summed E-state index contributed by atoms with van der Waals surface area (Å²) in [6, 6.07) is 77.5. The Balaban J connectivity index is 1.05. The number of rotatable bonds is 10. The van der Waals surface area contributed by atoms with Crippen LogP contribution in [0.25, 0.3) is 65.3 Å². The van der Waals surface area contributed by atoms with Crippen molar-refractivity contribution in [3.8, 4) is 33.8 Å². The molecule has 2 heteroatoms. The summed E-state index contributed by atoms with van der Waals surface area (Å²) in [6.07, 6.45) is 1.17. The molecule has 11 rings (SSSR count). The molecule has 0 saturated carbocycles. The van der Waals surface area contributed by atoms with Gasteiger partial charge in [0.05, 0.1) is 0 Å². The fourth-order valence-corrected chi connectivity index (χ4v) is 10.6. The van der Waals surface area contributed by atoms with Crippen molar-refractivity contribution in [3.63, 3.8) is 0 Å². The lowest BCUT2D eigenvalue weighted by atomic mass is 9.72. The van der Waals surface area contributed by atoms with Gasteiger partial charge in [-0.3, -0.25) is 0 Å². The Bertz CT molecular complexity index is 3460. The maximum Gasteiger partial charge on any atom is 0.126 e. The predicted molar refractivity (Wildman–Crippen MR) is 286 cm³/mol. The van der Waals surface area contributed by atoms with Crippen LogP contribution in [0.15, 0.2) is 218 Å². The Labute approximate surface area is 399 Å². The van der Waals surface area contributed by atoms with Gasteiger partial charge in [0, 0.05) is 34.8 Å². The van der Waals surface area contributed by atoms with E-state index >= 15 is 0 Å². The molecule has 0 bridgehead atoms. The fraction of sp³-hybridized carbons (Fsp3) is 0.121. The molecule has 0 aliphatic rings. The van der Waals surface area contributed by atoms with Crippen LogP contribution < -0.4 is 0 Å². The molecular weight excluding hydrogens is 825 g/mol. The zero-order valence-corrected chi connectivity index (χ0v) is 39.1. The van der Waals surface area contributed by atoms with E-state index in [1.54, 1.807) is 0 Å². The first-order valence-corrected chi connectivity index (χ1v) is 23.8. The van der Waals surface area contributed by atoms with Crippen LogP contribution >= 0.6 is 0 Å². The van der Waals surface area contributed by atoms with Crippen molar-refractivity contribution in [1.29, 1.82) is 0 Å². The van der Waals surface area contributed by atoms with Gasteiger partial charge in [0.25, 0.3) is 0 Å². The third-order valence-corrected chi connectivity index (χ3v) is 14.8. The second-order valence-corrected chi connectivity index (χ2v) is 19.6. The summed E-state index contributed by atoms with van der Waals surface area (Å²) in [5, 5.41) is 34.1. The molecule has 0 unspecified atom stereocenters. The summed E-state index contributed by atoms with van der Waals surface area (Å²) < 4.78 is 0. The highest BCUT2D eigenvalue weighted by Gasteiger charge is 2.31. The van der Waals surface area contributed by atoms with E-state index in [0.29, 0.717) is 24.3 Å². The number of fused-ring (bicyclic) bond motifs is 4. The van der Waals surface area contributed by atoms with E-state index in [4.69, 9.17) is 0 Å². The molecule has 0 aliphatic heterocycles. The predicted octanol–water partition coefficient (Wildman–Crippen LogP) is 16.9. The van der Waals surface area contributed by atoms with E-state index in [0.717, 1.165) is 66.1 Å². The molecule has 11 aromatic rings. The molecule has 2 N–H and O–H groups in total. The van der Waals surface area contributed by atoms with E-state index in [1.165, 1.54) is 43.8 Å². The smallest absolute Gasteiger partial charge is 0.126 e. The summed E-state index contributed by atoms with van der Waals surface area (Å²) in [5.41, 5.74) is 11.5. The Morgan fingerprint density at radius 1 is 0.279 bits per heavy atom. The Hall–Kier alpha value is -7.94. The first-order valence-electron chi connectivity index (χ1n) is 23.8. The second kappa shape index (κ2) is 17.0. The minimum atomic E-state index is -0.463. The number of hydrogen-bond donors (Lipinski definition) is 2. The maximum atomic E-state index is 12.4. The van der Waals surface area contributed by atoms with Crippen molar-refractivity contribution in [2.75, 3.05) is 0 Å². The van der Waals surface area contributed by atoms with E-state index < -0.39 is 10.8 Å². The largest absolute Gasteiger partial charge is 0.507 e. The summed E-state index contributed by atoms with van der Waals surface area (Å²) in [5.74, 6) is 0.634. The van der Waals surface area contributed by atoms with E-state index in [1.807, 2.05) is 0 Å². The van der Waals surface area contributed by atoms with Crippen molar-refractivity contribution < 1.29 is 10.2 Å². The second-order valence-electron chi connectivity index (χ2n) is 19.6. The average Bonchev–Trinajstić information content (AvgIpc) is 3.37. The zero-order valence-electron chi connectivity index (χ0n) is 39.1. The van der Waals surface area contributed by atoms with Gasteiger partial charge in [-0.1, -0.05) is 234 Å². The summed E-state index contributed by atoms with van der Waals surface area (Å²) >= 11 is 0. The molecule has 0 saturated heterocycles.